The molecule has 0 aliphatic heterocycles. The molecule has 0 aliphatic carbocycles. The third-order valence-electron chi connectivity index (χ3n) is 3.51. The number of aromatic nitrogens is 2. The lowest BCUT2D eigenvalue weighted by Crippen LogP contribution is -2.32. The fourth-order valence-electron chi connectivity index (χ4n) is 2.00. The molecule has 7 nitrogen and oxygen atoms in total. The Morgan fingerprint density at radius 3 is 2.65 bits per heavy atom. The molecule has 23 heavy (non-hydrogen) atoms. The van der Waals surface area contributed by atoms with E-state index in [-0.39, 0.29) is 18.3 Å². The molecule has 2 aromatic rings. The van der Waals surface area contributed by atoms with E-state index in [4.69, 9.17) is 0 Å². The number of halogens is 2. The molecular weight excluding hydrogens is 310 g/mol. The van der Waals surface area contributed by atoms with Gasteiger partial charge in [0.25, 0.3) is 0 Å². The summed E-state index contributed by atoms with van der Waals surface area (Å²) in [5.74, 6) is -2.67. The van der Waals surface area contributed by atoms with Gasteiger partial charge in [0, 0.05) is 7.05 Å². The Balaban J connectivity index is 2.08. The van der Waals surface area contributed by atoms with Gasteiger partial charge in [-0.2, -0.15) is 4.68 Å². The Hall–Kier alpha value is -2.84. The van der Waals surface area contributed by atoms with Gasteiger partial charge in [-0.15, -0.1) is 0 Å². The number of hydrogen-bond donors (Lipinski definition) is 0. The van der Waals surface area contributed by atoms with Gasteiger partial charge in [-0.25, -0.2) is 8.78 Å². The van der Waals surface area contributed by atoms with Crippen LogP contribution >= 0.6 is 0 Å². The van der Waals surface area contributed by atoms with E-state index in [1.165, 1.54) is 30.3 Å². The largest absolute Gasteiger partial charge is 0.389 e. The van der Waals surface area contributed by atoms with E-state index in [0.717, 1.165) is 16.8 Å². The maximum Gasteiger partial charge on any atom is 0.389 e. The second kappa shape index (κ2) is 6.51. The van der Waals surface area contributed by atoms with Gasteiger partial charge in [0.2, 0.25) is 5.91 Å². The maximum absolute atomic E-state index is 13.3. The molecule has 1 unspecified atom stereocenters. The smallest absolute Gasteiger partial charge is 0.358 e. The molecule has 0 bridgehead atoms. The first-order valence-electron chi connectivity index (χ1n) is 6.68. The number of hydrogen-bond acceptors (Lipinski definition) is 4. The molecule has 1 aromatic carbocycles. The van der Waals surface area contributed by atoms with Crippen molar-refractivity contribution in [3.63, 3.8) is 0 Å². The van der Waals surface area contributed by atoms with E-state index in [2.05, 4.69) is 5.10 Å². The van der Waals surface area contributed by atoms with Crippen molar-refractivity contribution in [1.29, 1.82) is 0 Å². The molecule has 0 saturated heterocycles. The van der Waals surface area contributed by atoms with Crippen LogP contribution in [0.25, 0.3) is 0 Å². The van der Waals surface area contributed by atoms with Crippen LogP contribution in [0.1, 0.15) is 18.5 Å². The van der Waals surface area contributed by atoms with Gasteiger partial charge in [0.1, 0.15) is 6.54 Å². The van der Waals surface area contributed by atoms with Crippen molar-refractivity contribution in [2.24, 2.45) is 0 Å². The van der Waals surface area contributed by atoms with E-state index in [1.807, 2.05) is 0 Å². The fourth-order valence-corrected chi connectivity index (χ4v) is 2.00. The minimum Gasteiger partial charge on any atom is -0.358 e. The maximum atomic E-state index is 13.3. The van der Waals surface area contributed by atoms with Gasteiger partial charge in [-0.3, -0.25) is 4.79 Å². The summed E-state index contributed by atoms with van der Waals surface area (Å²) in [7, 11) is 1.51. The van der Waals surface area contributed by atoms with Crippen molar-refractivity contribution >= 4 is 11.7 Å². The Kier molecular flexibility index (Phi) is 4.68. The van der Waals surface area contributed by atoms with Crippen LogP contribution in [0.2, 0.25) is 0 Å². The lowest BCUT2D eigenvalue weighted by molar-refractivity contribution is -0.389. The molecule has 1 amide bonds. The zero-order valence-corrected chi connectivity index (χ0v) is 12.4. The first kappa shape index (κ1) is 16.5. The van der Waals surface area contributed by atoms with Crippen LogP contribution in [0.5, 0.6) is 0 Å². The molecule has 0 radical (unpaired) electrons. The SMILES string of the molecule is CC(c1ccc(F)c(F)c1)N(C)C(=O)Cn1ccc([N+](=O)[O-])n1. The van der Waals surface area contributed by atoms with Gasteiger partial charge in [-0.05, 0) is 29.5 Å². The van der Waals surface area contributed by atoms with Crippen LogP contribution in [0.15, 0.2) is 30.5 Å². The molecule has 9 heteroatoms. The van der Waals surface area contributed by atoms with Crippen molar-refractivity contribution in [3.8, 4) is 0 Å². The molecule has 0 aliphatic rings. The van der Waals surface area contributed by atoms with Gasteiger partial charge in [0.05, 0.1) is 23.4 Å². The summed E-state index contributed by atoms with van der Waals surface area (Å²) < 4.78 is 27.4. The monoisotopic (exact) mass is 324 g/mol. The number of likely N-dealkylation sites (N-methyl/N-ethyl adjacent to an activating group) is 1. The summed E-state index contributed by atoms with van der Waals surface area (Å²) in [6.45, 7) is 1.47. The van der Waals surface area contributed by atoms with E-state index >= 15 is 0 Å². The molecule has 1 aromatic heterocycles. The Morgan fingerprint density at radius 2 is 2.09 bits per heavy atom. The lowest BCUT2D eigenvalue weighted by Gasteiger charge is -2.25. The highest BCUT2D eigenvalue weighted by Crippen LogP contribution is 2.21. The van der Waals surface area contributed by atoms with Gasteiger partial charge >= 0.3 is 5.82 Å². The molecule has 2 rings (SSSR count). The third-order valence-corrected chi connectivity index (χ3v) is 3.51. The Labute approximate surface area is 130 Å². The molecule has 122 valence electrons. The highest BCUT2D eigenvalue weighted by molar-refractivity contribution is 5.76. The molecule has 0 N–H and O–H groups in total. The predicted octanol–water partition coefficient (Wildman–Crippen LogP) is 2.29. The average Bonchev–Trinajstić information content (AvgIpc) is 2.97. The lowest BCUT2D eigenvalue weighted by atomic mass is 10.1. The van der Waals surface area contributed by atoms with E-state index < -0.39 is 22.6 Å². The Morgan fingerprint density at radius 1 is 1.39 bits per heavy atom. The standard InChI is InChI=1S/C14H14F2N4O3/c1-9(10-3-4-11(15)12(16)7-10)18(2)14(21)8-19-6-5-13(17-19)20(22)23/h3-7,9H,8H2,1-2H3. The molecule has 1 heterocycles. The van der Waals surface area contributed by atoms with Crippen molar-refractivity contribution in [3.05, 3.63) is 57.8 Å². The molecule has 0 fully saturated rings. The minimum atomic E-state index is -0.988. The van der Waals surface area contributed by atoms with Crippen LogP contribution in [0.3, 0.4) is 0 Å². The number of carbonyl (C=O) groups is 1. The topological polar surface area (TPSA) is 81.3 Å². The fraction of sp³-hybridized carbons (Fsp3) is 0.286. The number of nitro groups is 1. The molecule has 0 spiro atoms. The second-order valence-corrected chi connectivity index (χ2v) is 4.98. The highest BCUT2D eigenvalue weighted by Gasteiger charge is 2.21. The first-order chi connectivity index (χ1) is 10.8. The number of carbonyl (C=O) groups excluding carboxylic acids is 1. The molecule has 0 saturated carbocycles. The zero-order chi connectivity index (χ0) is 17.1. The van der Waals surface area contributed by atoms with Gasteiger partial charge in [0.15, 0.2) is 11.6 Å². The summed E-state index contributed by atoms with van der Waals surface area (Å²) in [6.07, 6.45) is 1.33. The molecular formula is C14H14F2N4O3. The zero-order valence-electron chi connectivity index (χ0n) is 12.4. The first-order valence-corrected chi connectivity index (χ1v) is 6.68. The van der Waals surface area contributed by atoms with Crippen molar-refractivity contribution in [2.45, 2.75) is 19.5 Å². The van der Waals surface area contributed by atoms with Gasteiger partial charge < -0.3 is 15.0 Å². The summed E-state index contributed by atoms with van der Waals surface area (Å²) in [6, 6.07) is 4.11. The van der Waals surface area contributed by atoms with Crippen molar-refractivity contribution in [1.82, 2.24) is 14.7 Å². The Bertz CT molecular complexity index is 747. The van der Waals surface area contributed by atoms with E-state index in [9.17, 15) is 23.7 Å². The highest BCUT2D eigenvalue weighted by atomic mass is 19.2. The normalized spacial score (nSPS) is 12.0. The third kappa shape index (κ3) is 3.68. The quantitative estimate of drug-likeness (QED) is 0.624. The number of benzene rings is 1. The van der Waals surface area contributed by atoms with Crippen LogP contribution < -0.4 is 0 Å². The number of amides is 1. The number of nitrogens with zero attached hydrogens (tertiary/aromatic N) is 4. The van der Waals surface area contributed by atoms with E-state index in [1.54, 1.807) is 6.92 Å². The summed E-state index contributed by atoms with van der Waals surface area (Å²) in [4.78, 5) is 23.4. The number of rotatable bonds is 5. The van der Waals surface area contributed by atoms with E-state index in [0.29, 0.717) is 5.56 Å². The molecule has 1 atom stereocenters. The average molecular weight is 324 g/mol. The predicted molar refractivity (Wildman–Crippen MR) is 76.4 cm³/mol. The minimum absolute atomic E-state index is 0.196. The van der Waals surface area contributed by atoms with Crippen LogP contribution in [0.4, 0.5) is 14.6 Å². The summed E-state index contributed by atoms with van der Waals surface area (Å²) >= 11 is 0. The van der Waals surface area contributed by atoms with Gasteiger partial charge in [-0.1, -0.05) is 6.07 Å². The van der Waals surface area contributed by atoms with Crippen LogP contribution in [0, 0.1) is 21.7 Å². The van der Waals surface area contributed by atoms with Crippen LogP contribution in [-0.2, 0) is 11.3 Å². The summed E-state index contributed by atoms with van der Waals surface area (Å²) in [5, 5.41) is 14.2. The van der Waals surface area contributed by atoms with Crippen molar-refractivity contribution in [2.75, 3.05) is 7.05 Å². The van der Waals surface area contributed by atoms with Crippen molar-refractivity contribution < 1.29 is 18.5 Å². The second-order valence-electron chi connectivity index (χ2n) is 4.98. The summed E-state index contributed by atoms with van der Waals surface area (Å²) in [5.41, 5.74) is 0.436. The van der Waals surface area contributed by atoms with Crippen LogP contribution in [-0.4, -0.2) is 32.6 Å².